The van der Waals surface area contributed by atoms with Gasteiger partial charge in [-0.25, -0.2) is 4.79 Å². The lowest BCUT2D eigenvalue weighted by Crippen LogP contribution is -2.21. The van der Waals surface area contributed by atoms with Crippen LogP contribution < -0.4 is 10.6 Å². The number of aromatic nitrogens is 1. The zero-order chi connectivity index (χ0) is 14.4. The Morgan fingerprint density at radius 2 is 1.75 bits per heavy atom. The standard InChI is InChI=1S/C16H19N3O/c1-3-12-7-5-8-13(4-2)15(12)19-16(20)18-14-9-6-10-17-11-14/h5-11H,3-4H2,1-2H3,(H2,18,19,20). The van der Waals surface area contributed by atoms with Crippen molar-refractivity contribution in [2.45, 2.75) is 26.7 Å². The first kappa shape index (κ1) is 14.1. The highest BCUT2D eigenvalue weighted by Crippen LogP contribution is 2.22. The zero-order valence-electron chi connectivity index (χ0n) is 11.8. The Hall–Kier alpha value is -2.36. The molecule has 1 aromatic heterocycles. The molecule has 2 rings (SSSR count). The van der Waals surface area contributed by atoms with E-state index in [2.05, 4.69) is 29.5 Å². The van der Waals surface area contributed by atoms with Crippen LogP contribution in [-0.2, 0) is 12.8 Å². The smallest absolute Gasteiger partial charge is 0.307 e. The molecule has 0 fully saturated rings. The van der Waals surface area contributed by atoms with Crippen molar-refractivity contribution in [1.29, 1.82) is 0 Å². The van der Waals surface area contributed by atoms with E-state index in [1.807, 2.05) is 18.2 Å². The second kappa shape index (κ2) is 6.70. The number of urea groups is 1. The van der Waals surface area contributed by atoms with Gasteiger partial charge in [0.1, 0.15) is 0 Å². The van der Waals surface area contributed by atoms with Gasteiger partial charge in [0.25, 0.3) is 0 Å². The monoisotopic (exact) mass is 269 g/mol. The van der Waals surface area contributed by atoms with Crippen molar-refractivity contribution < 1.29 is 4.79 Å². The number of nitrogens with zero attached hydrogens (tertiary/aromatic N) is 1. The van der Waals surface area contributed by atoms with Crippen LogP contribution in [0.4, 0.5) is 16.2 Å². The van der Waals surface area contributed by atoms with Gasteiger partial charge in [-0.05, 0) is 36.1 Å². The number of amides is 2. The number of carbonyl (C=O) groups excluding carboxylic acids is 1. The Morgan fingerprint density at radius 3 is 2.30 bits per heavy atom. The molecule has 0 spiro atoms. The zero-order valence-corrected chi connectivity index (χ0v) is 11.8. The molecule has 0 aliphatic heterocycles. The molecule has 0 unspecified atom stereocenters. The lowest BCUT2D eigenvalue weighted by Gasteiger charge is -2.14. The lowest BCUT2D eigenvalue weighted by atomic mass is 10.0. The molecule has 1 heterocycles. The maximum atomic E-state index is 12.1. The van der Waals surface area contributed by atoms with Crippen molar-refractivity contribution in [2.75, 3.05) is 10.6 Å². The maximum Gasteiger partial charge on any atom is 0.323 e. The third-order valence-corrected chi connectivity index (χ3v) is 3.16. The Bertz CT molecular complexity index is 559. The molecule has 0 aliphatic carbocycles. The van der Waals surface area contributed by atoms with E-state index in [0.29, 0.717) is 5.69 Å². The topological polar surface area (TPSA) is 54.0 Å². The van der Waals surface area contributed by atoms with Crippen molar-refractivity contribution in [3.63, 3.8) is 0 Å². The molecule has 0 saturated heterocycles. The van der Waals surface area contributed by atoms with Gasteiger partial charge in [0.15, 0.2) is 0 Å². The van der Waals surface area contributed by atoms with Crippen LogP contribution in [0.1, 0.15) is 25.0 Å². The van der Waals surface area contributed by atoms with Crippen molar-refractivity contribution in [1.82, 2.24) is 4.98 Å². The summed E-state index contributed by atoms with van der Waals surface area (Å²) in [5, 5.41) is 5.73. The number of carbonyl (C=O) groups is 1. The van der Waals surface area contributed by atoms with Gasteiger partial charge in [-0.2, -0.15) is 0 Å². The molecule has 20 heavy (non-hydrogen) atoms. The minimum atomic E-state index is -0.242. The van der Waals surface area contributed by atoms with Gasteiger partial charge in [-0.15, -0.1) is 0 Å². The summed E-state index contributed by atoms with van der Waals surface area (Å²) in [6.45, 7) is 4.16. The van der Waals surface area contributed by atoms with Crippen molar-refractivity contribution >= 4 is 17.4 Å². The van der Waals surface area contributed by atoms with Gasteiger partial charge in [0.2, 0.25) is 0 Å². The third kappa shape index (κ3) is 3.35. The van der Waals surface area contributed by atoms with Gasteiger partial charge >= 0.3 is 6.03 Å². The molecule has 1 aromatic carbocycles. The molecule has 104 valence electrons. The average Bonchev–Trinajstić information content (AvgIpc) is 2.48. The van der Waals surface area contributed by atoms with E-state index in [0.717, 1.165) is 29.7 Å². The number of benzene rings is 1. The first-order chi connectivity index (χ1) is 9.74. The summed E-state index contributed by atoms with van der Waals surface area (Å²) in [6.07, 6.45) is 5.06. The summed E-state index contributed by atoms with van der Waals surface area (Å²) in [5.74, 6) is 0. The summed E-state index contributed by atoms with van der Waals surface area (Å²) >= 11 is 0. The molecule has 4 nitrogen and oxygen atoms in total. The van der Waals surface area contributed by atoms with Crippen LogP contribution in [0.2, 0.25) is 0 Å². The van der Waals surface area contributed by atoms with Crippen LogP contribution in [0.5, 0.6) is 0 Å². The summed E-state index contributed by atoms with van der Waals surface area (Å²) in [4.78, 5) is 16.0. The largest absolute Gasteiger partial charge is 0.323 e. The van der Waals surface area contributed by atoms with Crippen molar-refractivity contribution in [2.24, 2.45) is 0 Å². The van der Waals surface area contributed by atoms with E-state index in [9.17, 15) is 4.79 Å². The van der Waals surface area contributed by atoms with E-state index in [1.54, 1.807) is 24.5 Å². The predicted octanol–water partition coefficient (Wildman–Crippen LogP) is 3.85. The van der Waals surface area contributed by atoms with Crippen LogP contribution in [-0.4, -0.2) is 11.0 Å². The molecule has 4 heteroatoms. The first-order valence-electron chi connectivity index (χ1n) is 6.83. The van der Waals surface area contributed by atoms with Crippen LogP contribution >= 0.6 is 0 Å². The number of rotatable bonds is 4. The number of aryl methyl sites for hydroxylation is 2. The highest BCUT2D eigenvalue weighted by atomic mass is 16.2. The molecule has 2 N–H and O–H groups in total. The summed E-state index contributed by atoms with van der Waals surface area (Å²) in [5.41, 5.74) is 3.88. The maximum absolute atomic E-state index is 12.1. The van der Waals surface area contributed by atoms with Crippen LogP contribution in [0.15, 0.2) is 42.7 Å². The average molecular weight is 269 g/mol. The minimum Gasteiger partial charge on any atom is -0.307 e. The Labute approximate surface area is 119 Å². The second-order valence-corrected chi connectivity index (χ2v) is 4.48. The fraction of sp³-hybridized carbons (Fsp3) is 0.250. The van der Waals surface area contributed by atoms with Gasteiger partial charge in [0.05, 0.1) is 11.9 Å². The number of para-hydroxylation sites is 1. The quantitative estimate of drug-likeness (QED) is 0.885. The Kier molecular flexibility index (Phi) is 4.71. The SMILES string of the molecule is CCc1cccc(CC)c1NC(=O)Nc1cccnc1. The summed E-state index contributed by atoms with van der Waals surface area (Å²) < 4.78 is 0. The van der Waals surface area contributed by atoms with Crippen molar-refractivity contribution in [3.8, 4) is 0 Å². The Morgan fingerprint density at radius 1 is 1.05 bits per heavy atom. The van der Waals surface area contributed by atoms with E-state index in [-0.39, 0.29) is 6.03 Å². The van der Waals surface area contributed by atoms with Gasteiger partial charge in [-0.1, -0.05) is 32.0 Å². The molecule has 2 amide bonds. The highest BCUT2D eigenvalue weighted by molar-refractivity contribution is 6.00. The fourth-order valence-corrected chi connectivity index (χ4v) is 2.12. The van der Waals surface area contributed by atoms with Crippen LogP contribution in [0.3, 0.4) is 0 Å². The molecule has 0 aliphatic rings. The van der Waals surface area contributed by atoms with Gasteiger partial charge in [0, 0.05) is 11.9 Å². The number of nitrogens with one attached hydrogen (secondary N) is 2. The normalized spacial score (nSPS) is 10.1. The summed E-state index contributed by atoms with van der Waals surface area (Å²) in [7, 11) is 0. The van der Waals surface area contributed by atoms with Gasteiger partial charge in [-0.3, -0.25) is 4.98 Å². The first-order valence-corrected chi connectivity index (χ1v) is 6.83. The molecule has 0 bridgehead atoms. The number of pyridine rings is 1. The van der Waals surface area contributed by atoms with Crippen molar-refractivity contribution in [3.05, 3.63) is 53.9 Å². The predicted molar refractivity (Wildman–Crippen MR) is 82.1 cm³/mol. The fourth-order valence-electron chi connectivity index (χ4n) is 2.12. The van der Waals surface area contributed by atoms with E-state index >= 15 is 0 Å². The van der Waals surface area contributed by atoms with E-state index in [1.165, 1.54) is 0 Å². The molecule has 0 atom stereocenters. The Balaban J connectivity index is 2.15. The number of hydrogen-bond acceptors (Lipinski definition) is 2. The lowest BCUT2D eigenvalue weighted by molar-refractivity contribution is 0.262. The number of anilines is 2. The minimum absolute atomic E-state index is 0.242. The third-order valence-electron chi connectivity index (χ3n) is 3.16. The van der Waals surface area contributed by atoms with Crippen LogP contribution in [0, 0.1) is 0 Å². The molecule has 0 saturated carbocycles. The molecule has 0 radical (unpaired) electrons. The highest BCUT2D eigenvalue weighted by Gasteiger charge is 2.09. The second-order valence-electron chi connectivity index (χ2n) is 4.48. The van der Waals surface area contributed by atoms with E-state index < -0.39 is 0 Å². The molecular weight excluding hydrogens is 250 g/mol. The van der Waals surface area contributed by atoms with E-state index in [4.69, 9.17) is 0 Å². The number of hydrogen-bond donors (Lipinski definition) is 2. The van der Waals surface area contributed by atoms with Gasteiger partial charge < -0.3 is 10.6 Å². The summed E-state index contributed by atoms with van der Waals surface area (Å²) in [6, 6.07) is 9.46. The molecule has 2 aromatic rings. The molecular formula is C16H19N3O. The van der Waals surface area contributed by atoms with Crippen LogP contribution in [0.25, 0.3) is 0 Å².